The monoisotopic (exact) mass is 303 g/mol. The van der Waals surface area contributed by atoms with E-state index in [4.69, 9.17) is 0 Å². The summed E-state index contributed by atoms with van der Waals surface area (Å²) in [5.74, 6) is 0.0858. The molecule has 0 N–H and O–H groups in total. The number of benzene rings is 2. The van der Waals surface area contributed by atoms with Crippen LogP contribution in [0.15, 0.2) is 72.8 Å². The Morgan fingerprint density at radius 2 is 1.65 bits per heavy atom. The molecular formula is C21H21NO. The van der Waals surface area contributed by atoms with Gasteiger partial charge in [0.1, 0.15) is 0 Å². The van der Waals surface area contributed by atoms with Gasteiger partial charge in [-0.1, -0.05) is 60.7 Å². The summed E-state index contributed by atoms with van der Waals surface area (Å²) in [6.07, 6.45) is 5.42. The molecule has 116 valence electrons. The summed E-state index contributed by atoms with van der Waals surface area (Å²) >= 11 is 0. The predicted molar refractivity (Wildman–Crippen MR) is 95.9 cm³/mol. The minimum absolute atomic E-state index is 0.0858. The van der Waals surface area contributed by atoms with Gasteiger partial charge in [-0.2, -0.15) is 0 Å². The van der Waals surface area contributed by atoms with Gasteiger partial charge in [-0.25, -0.2) is 0 Å². The molecular weight excluding hydrogens is 282 g/mol. The highest BCUT2D eigenvalue weighted by Crippen LogP contribution is 2.21. The number of likely N-dealkylation sites (tertiary alicyclic amines) is 1. The molecule has 0 saturated carbocycles. The highest BCUT2D eigenvalue weighted by atomic mass is 16.2. The average Bonchev–Trinajstić information content (AvgIpc) is 2.61. The quantitative estimate of drug-likeness (QED) is 0.602. The van der Waals surface area contributed by atoms with Crippen molar-refractivity contribution in [2.75, 3.05) is 13.1 Å². The molecule has 1 heterocycles. The second-order valence-corrected chi connectivity index (χ2v) is 5.90. The molecule has 0 aliphatic carbocycles. The summed E-state index contributed by atoms with van der Waals surface area (Å²) in [4.78, 5) is 14.1. The van der Waals surface area contributed by atoms with Gasteiger partial charge >= 0.3 is 0 Å². The third kappa shape index (κ3) is 3.98. The highest BCUT2D eigenvalue weighted by Gasteiger charge is 2.15. The zero-order valence-electron chi connectivity index (χ0n) is 13.2. The summed E-state index contributed by atoms with van der Waals surface area (Å²) in [5, 5.41) is 0. The molecule has 0 unspecified atom stereocenters. The van der Waals surface area contributed by atoms with E-state index >= 15 is 0 Å². The number of hydrogen-bond donors (Lipinski definition) is 0. The summed E-state index contributed by atoms with van der Waals surface area (Å²) in [5.41, 5.74) is 4.63. The van der Waals surface area contributed by atoms with E-state index in [1.807, 2.05) is 41.3 Å². The van der Waals surface area contributed by atoms with Crippen molar-refractivity contribution in [3.63, 3.8) is 0 Å². The highest BCUT2D eigenvalue weighted by molar-refractivity contribution is 5.92. The normalized spacial score (nSPS) is 15.1. The van der Waals surface area contributed by atoms with E-state index in [1.165, 1.54) is 11.1 Å². The smallest absolute Gasteiger partial charge is 0.246 e. The third-order valence-corrected chi connectivity index (χ3v) is 4.19. The fourth-order valence-electron chi connectivity index (χ4n) is 2.77. The van der Waals surface area contributed by atoms with Gasteiger partial charge in [-0.3, -0.25) is 4.79 Å². The minimum Gasteiger partial charge on any atom is -0.339 e. The maximum Gasteiger partial charge on any atom is 0.246 e. The van der Waals surface area contributed by atoms with Crippen LogP contribution >= 0.6 is 0 Å². The Kier molecular flexibility index (Phi) is 4.72. The first-order chi connectivity index (χ1) is 11.2. The first kappa shape index (κ1) is 15.3. The van der Waals surface area contributed by atoms with Crippen LogP contribution in [0.5, 0.6) is 0 Å². The number of hydrogen-bond acceptors (Lipinski definition) is 1. The van der Waals surface area contributed by atoms with E-state index in [0.717, 1.165) is 37.1 Å². The molecule has 0 spiro atoms. The van der Waals surface area contributed by atoms with E-state index in [9.17, 15) is 4.79 Å². The number of carbonyl (C=O) groups excluding carboxylic acids is 1. The van der Waals surface area contributed by atoms with Gasteiger partial charge in [0, 0.05) is 19.2 Å². The third-order valence-electron chi connectivity index (χ3n) is 4.19. The standard InChI is InChI=1S/C21H21NO/c1-17-12-14-22(15-13-17)21(23)11-10-18-6-5-9-20(16-18)19-7-3-2-4-8-19/h2-11,16H,1,12-15H2/b11-10+. The van der Waals surface area contributed by atoms with Crippen molar-refractivity contribution in [3.8, 4) is 11.1 Å². The van der Waals surface area contributed by atoms with Gasteiger partial charge in [0.2, 0.25) is 5.91 Å². The first-order valence-electron chi connectivity index (χ1n) is 8.01. The Balaban J connectivity index is 1.70. The van der Waals surface area contributed by atoms with Crippen LogP contribution < -0.4 is 0 Å². The predicted octanol–water partition coefficient (Wildman–Crippen LogP) is 4.55. The van der Waals surface area contributed by atoms with Crippen LogP contribution in [0.1, 0.15) is 18.4 Å². The van der Waals surface area contributed by atoms with Gasteiger partial charge in [0.05, 0.1) is 0 Å². The summed E-state index contributed by atoms with van der Waals surface area (Å²) < 4.78 is 0. The first-order valence-corrected chi connectivity index (χ1v) is 8.01. The van der Waals surface area contributed by atoms with Crippen LogP contribution in [-0.2, 0) is 4.79 Å². The molecule has 2 nitrogen and oxygen atoms in total. The number of rotatable bonds is 3. The van der Waals surface area contributed by atoms with Crippen molar-refractivity contribution in [1.82, 2.24) is 4.90 Å². The molecule has 1 amide bonds. The molecule has 1 aliphatic rings. The molecule has 0 atom stereocenters. The molecule has 2 aromatic carbocycles. The van der Waals surface area contributed by atoms with Gasteiger partial charge in [0.25, 0.3) is 0 Å². The SMILES string of the molecule is C=C1CCN(C(=O)/C=C/c2cccc(-c3ccccc3)c2)CC1. The van der Waals surface area contributed by atoms with E-state index in [0.29, 0.717) is 0 Å². The number of piperidine rings is 1. The summed E-state index contributed by atoms with van der Waals surface area (Å²) in [6, 6.07) is 18.5. The molecule has 0 aromatic heterocycles. The molecule has 1 aliphatic heterocycles. The van der Waals surface area contributed by atoms with Gasteiger partial charge < -0.3 is 4.90 Å². The van der Waals surface area contributed by atoms with Crippen molar-refractivity contribution in [2.24, 2.45) is 0 Å². The van der Waals surface area contributed by atoms with Crippen LogP contribution in [-0.4, -0.2) is 23.9 Å². The van der Waals surface area contributed by atoms with Crippen molar-refractivity contribution in [3.05, 3.63) is 78.4 Å². The topological polar surface area (TPSA) is 20.3 Å². The molecule has 0 bridgehead atoms. The lowest BCUT2D eigenvalue weighted by Crippen LogP contribution is -2.34. The van der Waals surface area contributed by atoms with Crippen LogP contribution in [0.4, 0.5) is 0 Å². The van der Waals surface area contributed by atoms with Crippen molar-refractivity contribution in [2.45, 2.75) is 12.8 Å². The minimum atomic E-state index is 0.0858. The van der Waals surface area contributed by atoms with Crippen molar-refractivity contribution >= 4 is 12.0 Å². The van der Waals surface area contributed by atoms with E-state index in [1.54, 1.807) is 6.08 Å². The Morgan fingerprint density at radius 3 is 2.39 bits per heavy atom. The summed E-state index contributed by atoms with van der Waals surface area (Å²) in [6.45, 7) is 5.55. The van der Waals surface area contributed by atoms with E-state index < -0.39 is 0 Å². The van der Waals surface area contributed by atoms with Crippen LogP contribution in [0.3, 0.4) is 0 Å². The fraction of sp³-hybridized carbons (Fsp3) is 0.190. The number of carbonyl (C=O) groups is 1. The van der Waals surface area contributed by atoms with Crippen LogP contribution in [0.25, 0.3) is 17.2 Å². The lowest BCUT2D eigenvalue weighted by atomic mass is 10.0. The second kappa shape index (κ2) is 7.10. The Bertz CT molecular complexity index is 721. The molecule has 2 aromatic rings. The molecule has 2 heteroatoms. The molecule has 1 saturated heterocycles. The Morgan fingerprint density at radius 1 is 0.957 bits per heavy atom. The molecule has 3 rings (SSSR count). The Labute approximate surface area is 137 Å². The average molecular weight is 303 g/mol. The maximum absolute atomic E-state index is 12.2. The van der Waals surface area contributed by atoms with Crippen LogP contribution in [0, 0.1) is 0 Å². The lowest BCUT2D eigenvalue weighted by Gasteiger charge is -2.26. The fourth-order valence-corrected chi connectivity index (χ4v) is 2.77. The summed E-state index contributed by atoms with van der Waals surface area (Å²) in [7, 11) is 0. The molecule has 23 heavy (non-hydrogen) atoms. The number of nitrogens with zero attached hydrogens (tertiary/aromatic N) is 1. The largest absolute Gasteiger partial charge is 0.339 e. The Hall–Kier alpha value is -2.61. The second-order valence-electron chi connectivity index (χ2n) is 5.90. The molecule has 1 fully saturated rings. The lowest BCUT2D eigenvalue weighted by molar-refractivity contribution is -0.126. The van der Waals surface area contributed by atoms with Gasteiger partial charge in [0.15, 0.2) is 0 Å². The van der Waals surface area contributed by atoms with Gasteiger partial charge in [-0.15, -0.1) is 0 Å². The van der Waals surface area contributed by atoms with E-state index in [2.05, 4.69) is 30.8 Å². The van der Waals surface area contributed by atoms with Gasteiger partial charge in [-0.05, 0) is 41.7 Å². The molecule has 0 radical (unpaired) electrons. The van der Waals surface area contributed by atoms with E-state index in [-0.39, 0.29) is 5.91 Å². The number of amides is 1. The van der Waals surface area contributed by atoms with Crippen molar-refractivity contribution in [1.29, 1.82) is 0 Å². The van der Waals surface area contributed by atoms with Crippen LogP contribution in [0.2, 0.25) is 0 Å². The zero-order valence-corrected chi connectivity index (χ0v) is 13.2. The zero-order chi connectivity index (χ0) is 16.1. The maximum atomic E-state index is 12.2. The van der Waals surface area contributed by atoms with Crippen molar-refractivity contribution < 1.29 is 4.79 Å².